The van der Waals surface area contributed by atoms with Gasteiger partial charge in [-0.3, -0.25) is 4.79 Å². The number of aryl methyl sites for hydroxylation is 1. The number of ether oxygens (including phenoxy) is 1. The fraction of sp³-hybridized carbons (Fsp3) is 0.440. The summed E-state index contributed by atoms with van der Waals surface area (Å²) < 4.78 is 5.71. The summed E-state index contributed by atoms with van der Waals surface area (Å²) in [6.07, 6.45) is 6.25. The van der Waals surface area contributed by atoms with Crippen molar-refractivity contribution < 1.29 is 14.6 Å². The zero-order valence-corrected chi connectivity index (χ0v) is 21.6. The van der Waals surface area contributed by atoms with E-state index in [1.165, 1.54) is 28.7 Å². The average molecular weight is 501 g/mol. The van der Waals surface area contributed by atoms with Crippen molar-refractivity contribution in [2.24, 2.45) is 0 Å². The molecule has 2 heterocycles. The zero-order chi connectivity index (χ0) is 24.4. The lowest BCUT2D eigenvalue weighted by atomic mass is 10.2. The highest BCUT2D eigenvalue weighted by atomic mass is 32.2. The van der Waals surface area contributed by atoms with E-state index in [0.717, 1.165) is 47.9 Å². The van der Waals surface area contributed by atoms with E-state index < -0.39 is 10.7 Å². The number of nitrogens with zero attached hydrogens (tertiary/aromatic N) is 4. The summed E-state index contributed by atoms with van der Waals surface area (Å²) in [4.78, 5) is 27.3. The van der Waals surface area contributed by atoms with Crippen molar-refractivity contribution in [3.63, 3.8) is 0 Å². The van der Waals surface area contributed by atoms with Crippen LogP contribution in [0.25, 0.3) is 0 Å². The molecule has 2 aromatic heterocycles. The molecule has 0 spiro atoms. The normalized spacial score (nSPS) is 11.5. The maximum atomic E-state index is 11.4. The Morgan fingerprint density at radius 1 is 1.15 bits per heavy atom. The molecule has 3 aromatic rings. The van der Waals surface area contributed by atoms with Gasteiger partial charge in [-0.25, -0.2) is 15.0 Å². The molecule has 0 bridgehead atoms. The van der Waals surface area contributed by atoms with Gasteiger partial charge in [-0.15, -0.1) is 11.3 Å². The molecular formula is C25H32N4O3S2. The molecule has 0 radical (unpaired) electrons. The highest BCUT2D eigenvalue weighted by Gasteiger charge is 2.29. The van der Waals surface area contributed by atoms with Gasteiger partial charge >= 0.3 is 5.97 Å². The van der Waals surface area contributed by atoms with Crippen LogP contribution < -0.4 is 4.90 Å². The van der Waals surface area contributed by atoms with Gasteiger partial charge in [0.1, 0.15) is 4.75 Å². The molecule has 9 heteroatoms. The van der Waals surface area contributed by atoms with Crippen molar-refractivity contribution in [3.8, 4) is 0 Å². The standard InChI is InChI=1S/C25H32N4O3S2/c1-4-19-15-26-23(27-16-19)29(12-8-14-32-17-20-9-6-5-7-10-20)13-11-21-18-33-24(28-21)34-25(2,3)22(30)31/h5-7,9-10,15-16,18H,4,8,11-14,17H2,1-3H3,(H,30,31). The molecule has 1 aromatic carbocycles. The van der Waals surface area contributed by atoms with Crippen molar-refractivity contribution in [1.82, 2.24) is 15.0 Å². The summed E-state index contributed by atoms with van der Waals surface area (Å²) in [6, 6.07) is 10.2. The smallest absolute Gasteiger partial charge is 0.319 e. The summed E-state index contributed by atoms with van der Waals surface area (Å²) in [7, 11) is 0. The van der Waals surface area contributed by atoms with Crippen LogP contribution in [0.4, 0.5) is 5.95 Å². The molecule has 3 rings (SSSR count). The molecule has 0 saturated heterocycles. The molecular weight excluding hydrogens is 468 g/mol. The van der Waals surface area contributed by atoms with Crippen LogP contribution in [0.15, 0.2) is 52.4 Å². The largest absolute Gasteiger partial charge is 0.480 e. The predicted octanol–water partition coefficient (Wildman–Crippen LogP) is 5.11. The number of carboxylic acids is 1. The molecule has 0 atom stereocenters. The van der Waals surface area contributed by atoms with E-state index in [2.05, 4.69) is 38.9 Å². The molecule has 0 unspecified atom stereocenters. The zero-order valence-electron chi connectivity index (χ0n) is 19.9. The molecule has 1 N–H and O–H groups in total. The number of thiazole rings is 1. The summed E-state index contributed by atoms with van der Waals surface area (Å²) in [5.41, 5.74) is 3.22. The second-order valence-electron chi connectivity index (χ2n) is 8.40. The van der Waals surface area contributed by atoms with E-state index in [-0.39, 0.29) is 0 Å². The monoisotopic (exact) mass is 500 g/mol. The minimum atomic E-state index is -0.907. The van der Waals surface area contributed by atoms with Crippen LogP contribution in [0.1, 0.15) is 44.0 Å². The van der Waals surface area contributed by atoms with Crippen LogP contribution in [0, 0.1) is 0 Å². The second kappa shape index (κ2) is 12.8. The van der Waals surface area contributed by atoms with Gasteiger partial charge in [-0.1, -0.05) is 49.0 Å². The van der Waals surface area contributed by atoms with Crippen LogP contribution in [-0.4, -0.2) is 50.5 Å². The molecule has 0 aliphatic rings. The number of carbonyl (C=O) groups is 1. The van der Waals surface area contributed by atoms with E-state index in [1.807, 2.05) is 36.0 Å². The Hall–Kier alpha value is -2.49. The van der Waals surface area contributed by atoms with Crippen molar-refractivity contribution in [3.05, 3.63) is 64.9 Å². The van der Waals surface area contributed by atoms with Gasteiger partial charge in [0.05, 0.1) is 12.3 Å². The maximum Gasteiger partial charge on any atom is 0.319 e. The predicted molar refractivity (Wildman–Crippen MR) is 138 cm³/mol. The Balaban J connectivity index is 1.56. The number of hydrogen-bond acceptors (Lipinski definition) is 8. The van der Waals surface area contributed by atoms with Gasteiger partial charge in [0, 0.05) is 43.9 Å². The van der Waals surface area contributed by atoms with Gasteiger partial charge in [-0.05, 0) is 37.8 Å². The number of hydrogen-bond donors (Lipinski definition) is 1. The minimum Gasteiger partial charge on any atom is -0.480 e. The molecule has 0 aliphatic carbocycles. The lowest BCUT2D eigenvalue weighted by Crippen LogP contribution is -2.29. The maximum absolute atomic E-state index is 11.4. The molecule has 0 fully saturated rings. The van der Waals surface area contributed by atoms with Gasteiger partial charge in [-0.2, -0.15) is 0 Å². The van der Waals surface area contributed by atoms with Crippen LogP contribution in [0.3, 0.4) is 0 Å². The summed E-state index contributed by atoms with van der Waals surface area (Å²) >= 11 is 2.77. The Kier molecular flexibility index (Phi) is 9.86. The van der Waals surface area contributed by atoms with Crippen LogP contribution in [-0.2, 0) is 29.0 Å². The van der Waals surface area contributed by atoms with Gasteiger partial charge in [0.2, 0.25) is 5.95 Å². The van der Waals surface area contributed by atoms with Crippen LogP contribution in [0.5, 0.6) is 0 Å². The van der Waals surface area contributed by atoms with Gasteiger partial charge < -0.3 is 14.7 Å². The van der Waals surface area contributed by atoms with Crippen molar-refractivity contribution >= 4 is 35.0 Å². The highest BCUT2D eigenvalue weighted by Crippen LogP contribution is 2.34. The molecule has 0 amide bonds. The van der Waals surface area contributed by atoms with Crippen LogP contribution >= 0.6 is 23.1 Å². The summed E-state index contributed by atoms with van der Waals surface area (Å²) in [6.45, 7) is 8.23. The minimum absolute atomic E-state index is 0.606. The number of benzene rings is 1. The lowest BCUT2D eigenvalue weighted by Gasteiger charge is -2.22. The number of anilines is 1. The number of rotatable bonds is 14. The third-order valence-electron chi connectivity index (χ3n) is 5.24. The number of carboxylic acid groups (broad SMARTS) is 1. The molecule has 182 valence electrons. The first kappa shape index (κ1) is 26.1. The number of aliphatic carboxylic acids is 1. The molecule has 0 aliphatic heterocycles. The van der Waals surface area contributed by atoms with E-state index in [9.17, 15) is 9.90 Å². The highest BCUT2D eigenvalue weighted by molar-refractivity contribution is 8.02. The molecule has 34 heavy (non-hydrogen) atoms. The number of aromatic nitrogens is 3. The van der Waals surface area contributed by atoms with E-state index in [0.29, 0.717) is 19.2 Å². The third kappa shape index (κ3) is 8.07. The number of thioether (sulfide) groups is 1. The summed E-state index contributed by atoms with van der Waals surface area (Å²) in [5, 5.41) is 11.4. The van der Waals surface area contributed by atoms with Crippen molar-refractivity contribution in [1.29, 1.82) is 0 Å². The first-order chi connectivity index (χ1) is 16.4. The average Bonchev–Trinajstić information content (AvgIpc) is 3.28. The SMILES string of the molecule is CCc1cnc(N(CCCOCc2ccccc2)CCc2csc(SC(C)(C)C(=O)O)n2)nc1. The summed E-state index contributed by atoms with van der Waals surface area (Å²) in [5.74, 6) is -0.139. The topological polar surface area (TPSA) is 88.4 Å². The third-order valence-corrected chi connectivity index (χ3v) is 7.41. The first-order valence-electron chi connectivity index (χ1n) is 11.4. The van der Waals surface area contributed by atoms with E-state index >= 15 is 0 Å². The van der Waals surface area contributed by atoms with Gasteiger partial charge in [0.25, 0.3) is 0 Å². The van der Waals surface area contributed by atoms with Crippen molar-refractivity contribution in [2.75, 3.05) is 24.6 Å². The Morgan fingerprint density at radius 3 is 2.56 bits per heavy atom. The van der Waals surface area contributed by atoms with Gasteiger partial charge in [0.15, 0.2) is 4.34 Å². The lowest BCUT2D eigenvalue weighted by molar-refractivity contribution is -0.138. The fourth-order valence-corrected chi connectivity index (χ4v) is 5.31. The Morgan fingerprint density at radius 2 is 1.88 bits per heavy atom. The Bertz CT molecular complexity index is 1030. The van der Waals surface area contributed by atoms with E-state index in [1.54, 1.807) is 13.8 Å². The van der Waals surface area contributed by atoms with Crippen molar-refractivity contribution in [2.45, 2.75) is 55.7 Å². The fourth-order valence-electron chi connectivity index (χ4n) is 3.09. The quantitative estimate of drug-likeness (QED) is 0.241. The first-order valence-corrected chi connectivity index (χ1v) is 13.1. The molecule has 0 saturated carbocycles. The second-order valence-corrected chi connectivity index (χ2v) is 11.1. The van der Waals surface area contributed by atoms with E-state index in [4.69, 9.17) is 4.74 Å². The molecule has 7 nitrogen and oxygen atoms in total. The Labute approximate surface area is 209 Å². The van der Waals surface area contributed by atoms with Crippen LogP contribution in [0.2, 0.25) is 0 Å².